The van der Waals surface area contributed by atoms with Crippen LogP contribution in [0.1, 0.15) is 26.2 Å². The normalized spacial score (nSPS) is 17.7. The Morgan fingerprint density at radius 3 is 2.97 bits per heavy atom. The van der Waals surface area contributed by atoms with Crippen LogP contribution >= 0.6 is 0 Å². The number of halogens is 1. The molecule has 1 aliphatic rings. The Morgan fingerprint density at radius 2 is 2.23 bits per heavy atom. The van der Waals surface area contributed by atoms with Gasteiger partial charge >= 0.3 is 0 Å². The van der Waals surface area contributed by atoms with Crippen molar-refractivity contribution < 1.29 is 18.4 Å². The van der Waals surface area contributed by atoms with Gasteiger partial charge in [0.2, 0.25) is 0 Å². The fourth-order valence-electron chi connectivity index (χ4n) is 3.84. The predicted molar refractivity (Wildman–Crippen MR) is 120 cm³/mol. The molecule has 0 aliphatic carbocycles. The van der Waals surface area contributed by atoms with Gasteiger partial charge in [-0.15, -0.1) is 0 Å². The number of β-amino-alcohol motifs (C(OH)–C–C–N with tert-alkyl or cyclic N) is 1. The number of ether oxygens (including phenoxy) is 1. The number of nitrogens with zero attached hydrogens (tertiary/aromatic N) is 3. The van der Waals surface area contributed by atoms with E-state index < -0.39 is 16.8 Å². The molecule has 31 heavy (non-hydrogen) atoms. The van der Waals surface area contributed by atoms with Gasteiger partial charge in [-0.3, -0.25) is 5.10 Å². The third-order valence-corrected chi connectivity index (χ3v) is 6.51. The monoisotopic (exact) mass is 447 g/mol. The third-order valence-electron chi connectivity index (χ3n) is 5.29. The number of pyridine rings is 1. The number of piperidine rings is 1. The number of hydrogen-bond acceptors (Lipinski definition) is 6. The van der Waals surface area contributed by atoms with Crippen LogP contribution in [0.15, 0.2) is 24.4 Å². The van der Waals surface area contributed by atoms with Crippen LogP contribution in [-0.2, 0) is 11.0 Å². The topological polar surface area (TPSA) is 103 Å². The van der Waals surface area contributed by atoms with Gasteiger partial charge in [0.1, 0.15) is 11.0 Å². The van der Waals surface area contributed by atoms with Crippen LogP contribution in [0, 0.1) is 5.82 Å². The van der Waals surface area contributed by atoms with Gasteiger partial charge in [0.15, 0.2) is 23.0 Å². The second-order valence-corrected chi connectivity index (χ2v) is 8.90. The average molecular weight is 448 g/mol. The molecule has 1 aromatic carbocycles. The second-order valence-electron chi connectivity index (χ2n) is 7.60. The van der Waals surface area contributed by atoms with Crippen molar-refractivity contribution in [2.75, 3.05) is 35.6 Å². The second kappa shape index (κ2) is 9.19. The molecule has 3 aromatic rings. The number of anilines is 2. The van der Waals surface area contributed by atoms with Crippen molar-refractivity contribution in [3.63, 3.8) is 0 Å². The first-order chi connectivity index (χ1) is 15.0. The molecule has 1 aliphatic heterocycles. The number of H-pyrrole nitrogens is 1. The molecule has 8 nitrogen and oxygen atoms in total. The maximum Gasteiger partial charge on any atom is 0.178 e. The van der Waals surface area contributed by atoms with E-state index in [4.69, 9.17) is 4.74 Å². The van der Waals surface area contributed by atoms with E-state index in [0.717, 1.165) is 37.0 Å². The minimum atomic E-state index is -1.34. The Balaban J connectivity index is 1.73. The number of aliphatic hydroxyl groups excluding tert-OH is 1. The van der Waals surface area contributed by atoms with Gasteiger partial charge in [0.05, 0.1) is 24.3 Å². The molecule has 166 valence electrons. The van der Waals surface area contributed by atoms with E-state index in [2.05, 4.69) is 19.9 Å². The van der Waals surface area contributed by atoms with Gasteiger partial charge in [0.25, 0.3) is 0 Å². The number of aromatic amines is 1. The van der Waals surface area contributed by atoms with Crippen LogP contribution in [0.5, 0.6) is 5.75 Å². The van der Waals surface area contributed by atoms with Crippen molar-refractivity contribution in [3.05, 3.63) is 30.2 Å². The Kier molecular flexibility index (Phi) is 6.38. The highest BCUT2D eigenvalue weighted by atomic mass is 32.2. The number of nitrogens with one attached hydrogen (secondary N) is 2. The van der Waals surface area contributed by atoms with E-state index in [1.165, 1.54) is 13.2 Å². The van der Waals surface area contributed by atoms with E-state index in [-0.39, 0.29) is 11.9 Å². The van der Waals surface area contributed by atoms with Crippen LogP contribution in [0.4, 0.5) is 15.9 Å². The average Bonchev–Trinajstić information content (AvgIpc) is 3.17. The Hall–Kier alpha value is -2.72. The van der Waals surface area contributed by atoms with Crippen LogP contribution in [0.3, 0.4) is 0 Å². The summed E-state index contributed by atoms with van der Waals surface area (Å²) in [5.74, 6) is 0.637. The molecule has 0 amide bonds. The lowest BCUT2D eigenvalue weighted by Gasteiger charge is -2.30. The minimum Gasteiger partial charge on any atom is -0.492 e. The van der Waals surface area contributed by atoms with E-state index in [9.17, 15) is 13.7 Å². The van der Waals surface area contributed by atoms with Crippen molar-refractivity contribution in [3.8, 4) is 16.9 Å². The van der Waals surface area contributed by atoms with Gasteiger partial charge in [-0.25, -0.2) is 13.6 Å². The molecule has 3 heterocycles. The first-order valence-electron chi connectivity index (χ1n) is 10.3. The zero-order valence-electron chi connectivity index (χ0n) is 17.5. The highest BCUT2D eigenvalue weighted by molar-refractivity contribution is 7.86. The molecule has 0 radical (unpaired) electrons. The zero-order chi connectivity index (χ0) is 22.0. The van der Waals surface area contributed by atoms with Gasteiger partial charge in [-0.2, -0.15) is 5.10 Å². The lowest BCUT2D eigenvalue weighted by molar-refractivity contribution is 0.154. The smallest absolute Gasteiger partial charge is 0.178 e. The first kappa shape index (κ1) is 21.5. The van der Waals surface area contributed by atoms with Crippen LogP contribution in [0.2, 0.25) is 0 Å². The molecule has 1 fully saturated rings. The van der Waals surface area contributed by atoms with Crippen molar-refractivity contribution in [1.29, 1.82) is 0 Å². The summed E-state index contributed by atoms with van der Waals surface area (Å²) in [5, 5.41) is 18.1. The van der Waals surface area contributed by atoms with Gasteiger partial charge in [-0.1, -0.05) is 6.92 Å². The van der Waals surface area contributed by atoms with E-state index in [0.29, 0.717) is 34.8 Å². The maximum atomic E-state index is 14.8. The van der Waals surface area contributed by atoms with Crippen LogP contribution in [0.25, 0.3) is 22.2 Å². The van der Waals surface area contributed by atoms with Crippen molar-refractivity contribution in [1.82, 2.24) is 15.2 Å². The molecule has 10 heteroatoms. The summed E-state index contributed by atoms with van der Waals surface area (Å²) in [5.41, 5.74) is 2.22. The summed E-state index contributed by atoms with van der Waals surface area (Å²) in [6.07, 6.45) is 3.66. The molecule has 2 unspecified atom stereocenters. The van der Waals surface area contributed by atoms with E-state index in [1.54, 1.807) is 12.3 Å². The number of methoxy groups -OCH3 is 1. The zero-order valence-corrected chi connectivity index (χ0v) is 18.3. The quantitative estimate of drug-likeness (QED) is 0.514. The standard InChI is InChI=1S/C21H26FN5O3S/c1-3-7-31(29)26-18-10-13(9-17(22)19(18)30-2)14-8-16-20(23-11-14)24-25-21(16)27-6-4-5-15(28)12-27/h8-11,15,26,28H,3-7,12H2,1-2H3,(H,23,24,25). The summed E-state index contributed by atoms with van der Waals surface area (Å²) < 4.78 is 35.0. The fraction of sp³-hybridized carbons (Fsp3) is 0.429. The summed E-state index contributed by atoms with van der Waals surface area (Å²) in [4.78, 5) is 6.48. The first-order valence-corrected chi connectivity index (χ1v) is 11.6. The molecule has 0 spiro atoms. The summed E-state index contributed by atoms with van der Waals surface area (Å²) in [7, 11) is 0.0395. The molecular formula is C21H26FN5O3S. The number of benzene rings is 1. The number of rotatable bonds is 7. The molecule has 3 N–H and O–H groups in total. The highest BCUT2D eigenvalue weighted by Gasteiger charge is 2.22. The lowest BCUT2D eigenvalue weighted by Crippen LogP contribution is -2.38. The molecule has 2 aromatic heterocycles. The van der Waals surface area contributed by atoms with Gasteiger partial charge in [-0.05, 0) is 43.0 Å². The molecule has 0 saturated carbocycles. The SMILES string of the molecule is CCCS(=O)Nc1cc(-c2cnc3[nH]nc(N4CCCC(O)C4)c3c2)cc(F)c1OC. The minimum absolute atomic E-state index is 0.0218. The molecule has 4 rings (SSSR count). The third kappa shape index (κ3) is 4.49. The fourth-order valence-corrected chi connectivity index (χ4v) is 4.71. The maximum absolute atomic E-state index is 14.8. The predicted octanol–water partition coefficient (Wildman–Crippen LogP) is 3.22. The van der Waals surface area contributed by atoms with Crippen LogP contribution < -0.4 is 14.4 Å². The molecule has 2 atom stereocenters. The summed E-state index contributed by atoms with van der Waals surface area (Å²) in [6.45, 7) is 3.24. The van der Waals surface area contributed by atoms with Gasteiger partial charge < -0.3 is 19.5 Å². The molecule has 0 bridgehead atoms. The summed E-state index contributed by atoms with van der Waals surface area (Å²) in [6, 6.07) is 4.99. The number of fused-ring (bicyclic) bond motifs is 1. The van der Waals surface area contributed by atoms with Crippen molar-refractivity contribution in [2.45, 2.75) is 32.3 Å². The van der Waals surface area contributed by atoms with E-state index >= 15 is 0 Å². The molecule has 1 saturated heterocycles. The Morgan fingerprint density at radius 1 is 1.39 bits per heavy atom. The Bertz CT molecular complexity index is 1110. The van der Waals surface area contributed by atoms with Crippen LogP contribution in [-0.4, -0.2) is 56.6 Å². The highest BCUT2D eigenvalue weighted by Crippen LogP contribution is 2.36. The van der Waals surface area contributed by atoms with Crippen molar-refractivity contribution >= 4 is 33.5 Å². The molecular weight excluding hydrogens is 421 g/mol. The number of aromatic nitrogens is 3. The van der Waals surface area contributed by atoms with Crippen molar-refractivity contribution in [2.24, 2.45) is 0 Å². The largest absolute Gasteiger partial charge is 0.492 e. The lowest BCUT2D eigenvalue weighted by atomic mass is 10.0. The Labute approximate surface area is 182 Å². The van der Waals surface area contributed by atoms with E-state index in [1.807, 2.05) is 17.9 Å². The van der Waals surface area contributed by atoms with Gasteiger partial charge in [0, 0.05) is 30.6 Å². The number of hydrogen-bond donors (Lipinski definition) is 3. The number of aliphatic hydroxyl groups is 1. The summed E-state index contributed by atoms with van der Waals surface area (Å²) >= 11 is 0.